The number of pyridine rings is 1. The van der Waals surface area contributed by atoms with E-state index in [-0.39, 0.29) is 34.7 Å². The van der Waals surface area contributed by atoms with Gasteiger partial charge in [-0.3, -0.25) is 4.79 Å². The van der Waals surface area contributed by atoms with Crippen molar-refractivity contribution in [1.29, 1.82) is 0 Å². The lowest BCUT2D eigenvalue weighted by atomic mass is 9.89. The molecule has 1 atom stereocenters. The molecule has 1 aromatic heterocycles. The molecule has 0 saturated carbocycles. The largest absolute Gasteiger partial charge is 0.506 e. The Balaban J connectivity index is 2.44. The maximum Gasteiger partial charge on any atom is 0.337 e. The second kappa shape index (κ2) is 4.59. The van der Waals surface area contributed by atoms with E-state index in [4.69, 9.17) is 5.11 Å². The highest BCUT2D eigenvalue weighted by molar-refractivity contribution is 6.15. The van der Waals surface area contributed by atoms with Gasteiger partial charge in [0, 0.05) is 6.20 Å². The average molecular weight is 277 g/mol. The fourth-order valence-electron chi connectivity index (χ4n) is 1.80. The fourth-order valence-corrected chi connectivity index (χ4v) is 1.80. The van der Waals surface area contributed by atoms with E-state index in [2.05, 4.69) is 15.3 Å². The first-order valence-electron chi connectivity index (χ1n) is 6.09. The van der Waals surface area contributed by atoms with E-state index in [9.17, 15) is 14.7 Å². The average Bonchev–Trinajstić information content (AvgIpc) is 2.66. The summed E-state index contributed by atoms with van der Waals surface area (Å²) in [4.78, 5) is 30.9. The quantitative estimate of drug-likeness (QED) is 0.755. The number of aromatic carboxylic acids is 1. The Kier molecular flexibility index (Phi) is 3.21. The summed E-state index contributed by atoms with van der Waals surface area (Å²) in [6, 6.07) is 1.07. The molecule has 0 bridgehead atoms. The Labute approximate surface area is 115 Å². The van der Waals surface area contributed by atoms with Gasteiger partial charge < -0.3 is 15.5 Å². The predicted octanol–water partition coefficient (Wildman–Crippen LogP) is 0.776. The molecule has 1 aromatic rings. The second-order valence-corrected chi connectivity index (χ2v) is 5.11. The van der Waals surface area contributed by atoms with Crippen molar-refractivity contribution >= 4 is 17.7 Å². The van der Waals surface area contributed by atoms with Crippen molar-refractivity contribution in [2.24, 2.45) is 10.9 Å². The number of nitrogens with zero attached hydrogens (tertiary/aromatic N) is 2. The number of hydrogen-bond donors (Lipinski definition) is 3. The minimum absolute atomic E-state index is 0.0274. The van der Waals surface area contributed by atoms with Crippen LogP contribution in [0.15, 0.2) is 17.3 Å². The van der Waals surface area contributed by atoms with Crippen molar-refractivity contribution in [2.75, 3.05) is 0 Å². The molecular formula is C13H15N3O4. The van der Waals surface area contributed by atoms with Crippen LogP contribution in [0.5, 0.6) is 5.75 Å². The van der Waals surface area contributed by atoms with Gasteiger partial charge in [-0.1, -0.05) is 13.8 Å². The van der Waals surface area contributed by atoms with E-state index in [0.717, 1.165) is 12.3 Å². The van der Waals surface area contributed by atoms with Crippen molar-refractivity contribution in [2.45, 2.75) is 26.3 Å². The van der Waals surface area contributed by atoms with Crippen LogP contribution >= 0.6 is 0 Å². The number of hydrogen-bond acceptors (Lipinski definition) is 5. The van der Waals surface area contributed by atoms with Crippen LogP contribution in [0.4, 0.5) is 0 Å². The monoisotopic (exact) mass is 277 g/mol. The molecule has 0 saturated heterocycles. The number of aromatic nitrogens is 1. The zero-order valence-electron chi connectivity index (χ0n) is 11.3. The summed E-state index contributed by atoms with van der Waals surface area (Å²) in [5, 5.41) is 21.2. The first-order valence-corrected chi connectivity index (χ1v) is 6.09. The van der Waals surface area contributed by atoms with Gasteiger partial charge in [-0.15, -0.1) is 0 Å². The van der Waals surface area contributed by atoms with Crippen LogP contribution in [-0.4, -0.2) is 38.4 Å². The summed E-state index contributed by atoms with van der Waals surface area (Å²) < 4.78 is 0. The molecule has 7 nitrogen and oxygen atoms in total. The summed E-state index contributed by atoms with van der Waals surface area (Å²) in [7, 11) is 0. The van der Waals surface area contributed by atoms with Crippen LogP contribution in [0, 0.1) is 5.92 Å². The summed E-state index contributed by atoms with van der Waals surface area (Å²) in [6.07, 6.45) is 1.11. The maximum atomic E-state index is 12.0. The number of aliphatic imine (C=N–C) groups is 1. The molecule has 106 valence electrons. The molecule has 2 rings (SSSR count). The fraction of sp³-hybridized carbons (Fsp3) is 0.385. The lowest BCUT2D eigenvalue weighted by Crippen LogP contribution is -2.41. The van der Waals surface area contributed by atoms with E-state index < -0.39 is 11.5 Å². The number of carboxylic acid groups (broad SMARTS) is 1. The molecule has 20 heavy (non-hydrogen) atoms. The molecule has 1 aliphatic rings. The van der Waals surface area contributed by atoms with E-state index in [1.54, 1.807) is 6.92 Å². The Bertz CT molecular complexity index is 624. The number of rotatable bonds is 3. The molecule has 0 aliphatic carbocycles. The van der Waals surface area contributed by atoms with E-state index in [0.29, 0.717) is 0 Å². The smallest absolute Gasteiger partial charge is 0.337 e. The predicted molar refractivity (Wildman–Crippen MR) is 70.8 cm³/mol. The van der Waals surface area contributed by atoms with Crippen molar-refractivity contribution in [3.8, 4) is 5.75 Å². The molecule has 0 radical (unpaired) electrons. The molecule has 7 heteroatoms. The summed E-state index contributed by atoms with van der Waals surface area (Å²) in [5.41, 5.74) is -0.995. The van der Waals surface area contributed by atoms with Crippen LogP contribution in [-0.2, 0) is 4.79 Å². The third-order valence-electron chi connectivity index (χ3n) is 3.50. The normalized spacial score (nSPS) is 21.8. The van der Waals surface area contributed by atoms with Crippen molar-refractivity contribution < 1.29 is 19.8 Å². The Hall–Kier alpha value is -2.44. The summed E-state index contributed by atoms with van der Waals surface area (Å²) in [6.45, 7) is 5.43. The number of aromatic hydroxyl groups is 1. The maximum absolute atomic E-state index is 12.0. The first-order chi connectivity index (χ1) is 9.25. The van der Waals surface area contributed by atoms with Gasteiger partial charge in [0.1, 0.15) is 17.0 Å². The van der Waals surface area contributed by atoms with E-state index in [1.165, 1.54) is 0 Å². The molecular weight excluding hydrogens is 262 g/mol. The number of carbonyl (C=O) groups is 2. The van der Waals surface area contributed by atoms with E-state index >= 15 is 0 Å². The molecule has 0 spiro atoms. The minimum atomic E-state index is -1.19. The summed E-state index contributed by atoms with van der Waals surface area (Å²) >= 11 is 0. The van der Waals surface area contributed by atoms with Crippen LogP contribution in [0.2, 0.25) is 0 Å². The third-order valence-corrected chi connectivity index (χ3v) is 3.50. The van der Waals surface area contributed by atoms with Gasteiger partial charge in [0.25, 0.3) is 5.91 Å². The molecule has 1 aliphatic heterocycles. The van der Waals surface area contributed by atoms with Crippen LogP contribution in [0.25, 0.3) is 0 Å². The molecule has 0 fully saturated rings. The third kappa shape index (κ3) is 2.11. The van der Waals surface area contributed by atoms with Crippen molar-refractivity contribution in [3.05, 3.63) is 23.5 Å². The van der Waals surface area contributed by atoms with Gasteiger partial charge in [-0.2, -0.15) is 0 Å². The topological polar surface area (TPSA) is 112 Å². The van der Waals surface area contributed by atoms with Crippen LogP contribution in [0.1, 0.15) is 36.8 Å². The lowest BCUT2D eigenvalue weighted by molar-refractivity contribution is -0.124. The number of amidine groups is 1. The molecule has 0 aromatic carbocycles. The number of carbonyl (C=O) groups excluding carboxylic acids is 1. The minimum Gasteiger partial charge on any atom is -0.506 e. The van der Waals surface area contributed by atoms with Crippen molar-refractivity contribution in [3.63, 3.8) is 0 Å². The second-order valence-electron chi connectivity index (χ2n) is 5.11. The van der Waals surface area contributed by atoms with Gasteiger partial charge in [0.2, 0.25) is 0 Å². The van der Waals surface area contributed by atoms with Crippen molar-refractivity contribution in [1.82, 2.24) is 10.3 Å². The van der Waals surface area contributed by atoms with E-state index in [1.807, 2.05) is 13.8 Å². The lowest BCUT2D eigenvalue weighted by Gasteiger charge is -2.21. The zero-order valence-corrected chi connectivity index (χ0v) is 11.3. The number of nitrogens with one attached hydrogen (secondary N) is 1. The SMILES string of the molecule is CC(C)C1(C)N=C(c2ncc(C(=O)O)cc2O)NC1=O. The Morgan fingerprint density at radius 3 is 2.55 bits per heavy atom. The standard InChI is InChI=1S/C13H15N3O4/c1-6(2)13(3)12(20)15-10(16-13)9-8(17)4-7(5-14-9)11(18)19/h4-6,17H,1-3H3,(H,18,19)(H,15,16,20). The highest BCUT2D eigenvalue weighted by Crippen LogP contribution is 2.28. The van der Waals surface area contributed by atoms with Gasteiger partial charge >= 0.3 is 5.97 Å². The van der Waals surface area contributed by atoms with Crippen LogP contribution in [0.3, 0.4) is 0 Å². The highest BCUT2D eigenvalue weighted by Gasteiger charge is 2.42. The number of carboxylic acids is 1. The van der Waals surface area contributed by atoms with Crippen LogP contribution < -0.4 is 5.32 Å². The first kappa shape index (κ1) is 14.0. The summed E-state index contributed by atoms with van der Waals surface area (Å²) in [5.74, 6) is -1.67. The van der Waals surface area contributed by atoms with Gasteiger partial charge in [0.15, 0.2) is 5.84 Å². The number of amides is 1. The molecule has 3 N–H and O–H groups in total. The van der Waals surface area contributed by atoms with Gasteiger partial charge in [0.05, 0.1) is 5.56 Å². The van der Waals surface area contributed by atoms with Gasteiger partial charge in [-0.25, -0.2) is 14.8 Å². The molecule has 1 unspecified atom stereocenters. The molecule has 1 amide bonds. The highest BCUT2D eigenvalue weighted by atomic mass is 16.4. The van der Waals surface area contributed by atoms with Gasteiger partial charge in [-0.05, 0) is 18.9 Å². The zero-order chi connectivity index (χ0) is 15.1. The molecule has 2 heterocycles. The Morgan fingerprint density at radius 2 is 2.10 bits per heavy atom. The Morgan fingerprint density at radius 1 is 1.45 bits per heavy atom.